The van der Waals surface area contributed by atoms with Crippen molar-refractivity contribution in [3.63, 3.8) is 0 Å². The third-order valence-electron chi connectivity index (χ3n) is 10.3. The fourth-order valence-electron chi connectivity index (χ4n) is 8.12. The van der Waals surface area contributed by atoms with Gasteiger partial charge >= 0.3 is 0 Å². The smallest absolute Gasteiger partial charge is 0.143 e. The van der Waals surface area contributed by atoms with Gasteiger partial charge in [0.2, 0.25) is 0 Å². The van der Waals surface area contributed by atoms with Gasteiger partial charge in [-0.15, -0.1) is 0 Å². The van der Waals surface area contributed by atoms with Crippen LogP contribution in [0, 0.1) is 0 Å². The molecule has 0 saturated carbocycles. The van der Waals surface area contributed by atoms with E-state index in [2.05, 4.69) is 179 Å². The van der Waals surface area contributed by atoms with Crippen molar-refractivity contribution in [3.05, 3.63) is 170 Å². The number of para-hydroxylation sites is 4. The second kappa shape index (κ2) is 9.96. The Morgan fingerprint density at radius 2 is 0.857 bits per heavy atom. The fraction of sp³-hybridized carbons (Fsp3) is 0. The van der Waals surface area contributed by atoms with Crippen LogP contribution in [0.2, 0.25) is 0 Å². The Labute approximate surface area is 281 Å². The number of rotatable bonds is 3. The van der Waals surface area contributed by atoms with Crippen molar-refractivity contribution < 1.29 is 4.42 Å². The topological polar surface area (TPSA) is 23.0 Å². The zero-order chi connectivity index (χ0) is 32.1. The van der Waals surface area contributed by atoms with Crippen molar-refractivity contribution in [1.82, 2.24) is 9.13 Å². The van der Waals surface area contributed by atoms with E-state index >= 15 is 0 Å². The highest BCUT2D eigenvalue weighted by Gasteiger charge is 2.18. The normalized spacial score (nSPS) is 12.1. The quantitative estimate of drug-likeness (QED) is 0.192. The van der Waals surface area contributed by atoms with Gasteiger partial charge in [-0.25, -0.2) is 0 Å². The summed E-state index contributed by atoms with van der Waals surface area (Å²) in [5.41, 5.74) is 11.2. The molecule has 0 fully saturated rings. The van der Waals surface area contributed by atoms with Crippen LogP contribution in [0.5, 0.6) is 0 Å². The molecule has 228 valence electrons. The Morgan fingerprint density at radius 3 is 1.57 bits per heavy atom. The van der Waals surface area contributed by atoms with E-state index < -0.39 is 0 Å². The van der Waals surface area contributed by atoms with E-state index in [1.54, 1.807) is 0 Å². The molecule has 3 aromatic heterocycles. The van der Waals surface area contributed by atoms with Gasteiger partial charge in [0, 0.05) is 54.6 Å². The zero-order valence-electron chi connectivity index (χ0n) is 26.5. The Kier molecular flexibility index (Phi) is 5.38. The minimum atomic E-state index is 0.927. The van der Waals surface area contributed by atoms with Crippen LogP contribution in [-0.2, 0) is 0 Å². The summed E-state index contributed by atoms with van der Waals surface area (Å²) < 4.78 is 11.4. The minimum Gasteiger partial charge on any atom is -0.455 e. The molecule has 11 rings (SSSR count). The lowest BCUT2D eigenvalue weighted by atomic mass is 10.0. The Morgan fingerprint density at radius 1 is 0.327 bits per heavy atom. The molecule has 0 unspecified atom stereocenters. The number of furan rings is 1. The largest absolute Gasteiger partial charge is 0.455 e. The Hall–Kier alpha value is -6.58. The predicted molar refractivity (Wildman–Crippen MR) is 205 cm³/mol. The van der Waals surface area contributed by atoms with E-state index in [0.29, 0.717) is 0 Å². The molecule has 3 nitrogen and oxygen atoms in total. The number of fused-ring (bicyclic) bond motifs is 11. The second-order valence-electron chi connectivity index (χ2n) is 12.9. The van der Waals surface area contributed by atoms with Crippen molar-refractivity contribution in [2.24, 2.45) is 0 Å². The third-order valence-corrected chi connectivity index (χ3v) is 10.3. The molecule has 0 amide bonds. The molecule has 3 heterocycles. The van der Waals surface area contributed by atoms with Crippen LogP contribution in [0.15, 0.2) is 174 Å². The van der Waals surface area contributed by atoms with Gasteiger partial charge in [0.15, 0.2) is 0 Å². The highest BCUT2D eigenvalue weighted by Crippen LogP contribution is 2.40. The van der Waals surface area contributed by atoms with Crippen LogP contribution in [0.4, 0.5) is 0 Å². The first kappa shape index (κ1) is 26.5. The number of hydrogen-bond donors (Lipinski definition) is 0. The van der Waals surface area contributed by atoms with E-state index in [0.717, 1.165) is 49.8 Å². The highest BCUT2D eigenvalue weighted by molar-refractivity contribution is 6.17. The standard InChI is InChI=1S/C46H28N2O/c1-2-11-33-29(10-1)22-26-39-38-16-9-15-34(45(38)49-46(33)39)30-20-23-31(24-21-30)47-43-19-8-5-14-37(43)40-28-32(25-27-44(40)47)48-41-17-6-3-12-35(41)36-13-4-7-18-42(36)48/h1-28H. The molecular weight excluding hydrogens is 597 g/mol. The summed E-state index contributed by atoms with van der Waals surface area (Å²) in [7, 11) is 0. The molecule has 0 radical (unpaired) electrons. The summed E-state index contributed by atoms with van der Waals surface area (Å²) in [4.78, 5) is 0. The number of benzene rings is 8. The van der Waals surface area contributed by atoms with Crippen LogP contribution >= 0.6 is 0 Å². The van der Waals surface area contributed by atoms with E-state index in [-0.39, 0.29) is 0 Å². The number of aromatic nitrogens is 2. The van der Waals surface area contributed by atoms with Crippen molar-refractivity contribution in [1.29, 1.82) is 0 Å². The summed E-state index contributed by atoms with van der Waals surface area (Å²) in [6, 6.07) is 61.2. The molecule has 0 atom stereocenters. The van der Waals surface area contributed by atoms with Crippen LogP contribution < -0.4 is 0 Å². The second-order valence-corrected chi connectivity index (χ2v) is 12.9. The molecule has 0 aliphatic carbocycles. The molecule has 0 spiro atoms. The third kappa shape index (κ3) is 3.73. The maximum Gasteiger partial charge on any atom is 0.143 e. The molecule has 49 heavy (non-hydrogen) atoms. The van der Waals surface area contributed by atoms with Gasteiger partial charge in [0.1, 0.15) is 11.2 Å². The molecule has 11 aromatic rings. The van der Waals surface area contributed by atoms with Crippen LogP contribution in [0.1, 0.15) is 0 Å². The number of hydrogen-bond acceptors (Lipinski definition) is 1. The first-order chi connectivity index (χ1) is 24.3. The van der Waals surface area contributed by atoms with Crippen molar-refractivity contribution in [2.75, 3.05) is 0 Å². The first-order valence-corrected chi connectivity index (χ1v) is 16.8. The van der Waals surface area contributed by atoms with Crippen molar-refractivity contribution in [2.45, 2.75) is 0 Å². The average Bonchev–Trinajstić information content (AvgIpc) is 3.83. The van der Waals surface area contributed by atoms with Crippen molar-refractivity contribution >= 4 is 76.3 Å². The van der Waals surface area contributed by atoms with Gasteiger partial charge in [-0.05, 0) is 65.5 Å². The van der Waals surface area contributed by atoms with Gasteiger partial charge in [0.25, 0.3) is 0 Å². The van der Waals surface area contributed by atoms with E-state index in [4.69, 9.17) is 4.42 Å². The SMILES string of the molecule is c1ccc2c(c1)ccc1c3cccc(-c4ccc(-n5c6ccccc6c6cc(-n7c8ccccc8c8ccccc87)ccc65)cc4)c3oc21. The lowest BCUT2D eigenvalue weighted by Crippen LogP contribution is -1.96. The summed E-state index contributed by atoms with van der Waals surface area (Å²) in [5, 5.41) is 9.64. The lowest BCUT2D eigenvalue weighted by molar-refractivity contribution is 0.674. The van der Waals surface area contributed by atoms with Crippen LogP contribution in [0.25, 0.3) is 98.8 Å². The molecule has 0 saturated heterocycles. The fourth-order valence-corrected chi connectivity index (χ4v) is 8.12. The molecule has 0 N–H and O–H groups in total. The van der Waals surface area contributed by atoms with Gasteiger partial charge in [-0.2, -0.15) is 0 Å². The maximum absolute atomic E-state index is 6.66. The molecule has 8 aromatic carbocycles. The molecule has 0 aliphatic heterocycles. The summed E-state index contributed by atoms with van der Waals surface area (Å²) in [5.74, 6) is 0. The molecule has 0 bridgehead atoms. The average molecular weight is 625 g/mol. The summed E-state index contributed by atoms with van der Waals surface area (Å²) in [6.07, 6.45) is 0. The minimum absolute atomic E-state index is 0.927. The number of nitrogens with zero attached hydrogens (tertiary/aromatic N) is 2. The maximum atomic E-state index is 6.66. The summed E-state index contributed by atoms with van der Waals surface area (Å²) >= 11 is 0. The summed E-state index contributed by atoms with van der Waals surface area (Å²) in [6.45, 7) is 0. The van der Waals surface area contributed by atoms with Gasteiger partial charge in [-0.1, -0.05) is 115 Å². The molecule has 3 heteroatoms. The van der Waals surface area contributed by atoms with Gasteiger partial charge < -0.3 is 13.6 Å². The van der Waals surface area contributed by atoms with E-state index in [1.807, 2.05) is 0 Å². The molecular formula is C46H28N2O. The van der Waals surface area contributed by atoms with Crippen LogP contribution in [0.3, 0.4) is 0 Å². The predicted octanol–water partition coefficient (Wildman–Crippen LogP) is 12.6. The van der Waals surface area contributed by atoms with Gasteiger partial charge in [0.05, 0.1) is 22.1 Å². The van der Waals surface area contributed by atoms with E-state index in [1.165, 1.54) is 49.0 Å². The van der Waals surface area contributed by atoms with Crippen molar-refractivity contribution in [3.8, 4) is 22.5 Å². The van der Waals surface area contributed by atoms with E-state index in [9.17, 15) is 0 Å². The lowest BCUT2D eigenvalue weighted by Gasteiger charge is -2.11. The zero-order valence-corrected chi connectivity index (χ0v) is 26.5. The highest BCUT2D eigenvalue weighted by atomic mass is 16.3. The molecule has 0 aliphatic rings. The monoisotopic (exact) mass is 624 g/mol. The van der Waals surface area contributed by atoms with Gasteiger partial charge in [-0.3, -0.25) is 0 Å². The van der Waals surface area contributed by atoms with Crippen LogP contribution in [-0.4, -0.2) is 9.13 Å². The Bertz CT molecular complexity index is 3050. The Balaban J connectivity index is 1.07. The first-order valence-electron chi connectivity index (χ1n) is 16.8.